The molecule has 0 spiro atoms. The molecule has 1 aromatic carbocycles. The summed E-state index contributed by atoms with van der Waals surface area (Å²) in [7, 11) is -3.47. The number of benzene rings is 1. The highest BCUT2D eigenvalue weighted by molar-refractivity contribution is 7.87. The van der Waals surface area contributed by atoms with Gasteiger partial charge in [-0.25, -0.2) is 0 Å². The van der Waals surface area contributed by atoms with Crippen LogP contribution in [0.15, 0.2) is 30.3 Å². The Labute approximate surface area is 127 Å². The zero-order valence-corrected chi connectivity index (χ0v) is 13.2. The molecule has 5 nitrogen and oxygen atoms in total. The van der Waals surface area contributed by atoms with Crippen LogP contribution in [0.3, 0.4) is 0 Å². The van der Waals surface area contributed by atoms with Gasteiger partial charge in [-0.05, 0) is 30.7 Å². The quantitative estimate of drug-likeness (QED) is 0.839. The second-order valence-corrected chi connectivity index (χ2v) is 7.22. The van der Waals surface area contributed by atoms with Gasteiger partial charge in [-0.1, -0.05) is 37.3 Å². The molecule has 0 bridgehead atoms. The first kappa shape index (κ1) is 16.4. The molecule has 1 atom stereocenters. The molecule has 1 fully saturated rings. The summed E-state index contributed by atoms with van der Waals surface area (Å²) < 4.78 is 29.2. The lowest BCUT2D eigenvalue weighted by molar-refractivity contribution is 0.169. The van der Waals surface area contributed by atoms with Crippen LogP contribution in [0, 0.1) is 5.92 Å². The summed E-state index contributed by atoms with van der Waals surface area (Å²) in [6.07, 6.45) is 2.15. The van der Waals surface area contributed by atoms with Crippen molar-refractivity contribution in [2.24, 2.45) is 5.92 Å². The summed E-state index contributed by atoms with van der Waals surface area (Å²) in [4.78, 5) is 0. The Balaban J connectivity index is 2.03. The number of piperidine rings is 1. The Hall–Kier alpha value is -0.950. The number of nitrogens with zero attached hydrogens (tertiary/aromatic N) is 1. The van der Waals surface area contributed by atoms with Crippen LogP contribution >= 0.6 is 0 Å². The van der Waals surface area contributed by atoms with Crippen molar-refractivity contribution in [1.82, 2.24) is 9.03 Å². The Morgan fingerprint density at radius 2 is 1.90 bits per heavy atom. The highest BCUT2D eigenvalue weighted by Crippen LogP contribution is 2.22. The van der Waals surface area contributed by atoms with Crippen LogP contribution in [0.5, 0.6) is 0 Å². The molecule has 1 aromatic rings. The van der Waals surface area contributed by atoms with Gasteiger partial charge in [-0.15, -0.1) is 0 Å². The lowest BCUT2D eigenvalue weighted by Crippen LogP contribution is -2.46. The summed E-state index contributed by atoms with van der Waals surface area (Å²) in [6, 6.07) is 9.43. The highest BCUT2D eigenvalue weighted by atomic mass is 32.2. The number of rotatable bonds is 6. The summed E-state index contributed by atoms with van der Waals surface area (Å²) >= 11 is 0. The first-order valence-corrected chi connectivity index (χ1v) is 8.94. The second kappa shape index (κ2) is 7.35. The SMILES string of the molecule is CCC(NS(=O)(=O)N1CCC(CO)CC1)c1ccccc1. The molecule has 1 saturated heterocycles. The van der Waals surface area contributed by atoms with Crippen molar-refractivity contribution >= 4 is 10.2 Å². The first-order chi connectivity index (χ1) is 10.1. The molecule has 2 rings (SSSR count). The minimum Gasteiger partial charge on any atom is -0.396 e. The fourth-order valence-corrected chi connectivity index (χ4v) is 4.16. The van der Waals surface area contributed by atoms with Crippen LogP contribution in [0.25, 0.3) is 0 Å². The Morgan fingerprint density at radius 1 is 1.29 bits per heavy atom. The lowest BCUT2D eigenvalue weighted by Gasteiger charge is -2.31. The standard InChI is InChI=1S/C15H24N2O3S/c1-2-15(14-6-4-3-5-7-14)16-21(19,20)17-10-8-13(12-18)9-11-17/h3-7,13,15-16,18H,2,8-12H2,1H3. The average molecular weight is 312 g/mol. The van der Waals surface area contributed by atoms with E-state index in [4.69, 9.17) is 5.11 Å². The summed E-state index contributed by atoms with van der Waals surface area (Å²) in [6.45, 7) is 3.07. The van der Waals surface area contributed by atoms with E-state index in [0.717, 1.165) is 18.4 Å². The first-order valence-electron chi connectivity index (χ1n) is 7.50. The maximum absolute atomic E-state index is 12.5. The molecule has 2 N–H and O–H groups in total. The van der Waals surface area contributed by atoms with Gasteiger partial charge < -0.3 is 5.11 Å². The maximum atomic E-state index is 12.5. The number of aliphatic hydroxyl groups is 1. The molecule has 21 heavy (non-hydrogen) atoms. The molecule has 1 unspecified atom stereocenters. The van der Waals surface area contributed by atoms with Gasteiger partial charge in [0.25, 0.3) is 10.2 Å². The van der Waals surface area contributed by atoms with Crippen molar-refractivity contribution in [3.63, 3.8) is 0 Å². The number of aliphatic hydroxyl groups excluding tert-OH is 1. The maximum Gasteiger partial charge on any atom is 0.280 e. The van der Waals surface area contributed by atoms with Crippen molar-refractivity contribution in [3.05, 3.63) is 35.9 Å². The van der Waals surface area contributed by atoms with Gasteiger partial charge in [0.15, 0.2) is 0 Å². The van der Waals surface area contributed by atoms with E-state index in [9.17, 15) is 8.42 Å². The smallest absolute Gasteiger partial charge is 0.280 e. The van der Waals surface area contributed by atoms with Gasteiger partial charge in [-0.3, -0.25) is 0 Å². The van der Waals surface area contributed by atoms with Gasteiger partial charge in [-0.2, -0.15) is 17.4 Å². The molecule has 0 saturated carbocycles. The third-order valence-electron chi connectivity index (χ3n) is 4.07. The monoisotopic (exact) mass is 312 g/mol. The molecule has 6 heteroatoms. The van der Waals surface area contributed by atoms with E-state index >= 15 is 0 Å². The third kappa shape index (κ3) is 4.26. The van der Waals surface area contributed by atoms with E-state index < -0.39 is 10.2 Å². The van der Waals surface area contributed by atoms with Crippen molar-refractivity contribution in [2.75, 3.05) is 19.7 Å². The van der Waals surface area contributed by atoms with E-state index in [-0.39, 0.29) is 18.6 Å². The molecule has 1 heterocycles. The van der Waals surface area contributed by atoms with Crippen LogP contribution < -0.4 is 4.72 Å². The van der Waals surface area contributed by atoms with Crippen LogP contribution in [0.1, 0.15) is 37.8 Å². The average Bonchev–Trinajstić information content (AvgIpc) is 2.53. The summed E-state index contributed by atoms with van der Waals surface area (Å²) in [5.41, 5.74) is 0.980. The number of hydrogen-bond acceptors (Lipinski definition) is 3. The third-order valence-corrected chi connectivity index (χ3v) is 5.70. The van der Waals surface area contributed by atoms with Crippen LogP contribution in [-0.4, -0.2) is 37.5 Å². The highest BCUT2D eigenvalue weighted by Gasteiger charge is 2.29. The zero-order valence-electron chi connectivity index (χ0n) is 12.4. The summed E-state index contributed by atoms with van der Waals surface area (Å²) in [5.74, 6) is 0.229. The number of nitrogens with one attached hydrogen (secondary N) is 1. The van der Waals surface area contributed by atoms with Crippen LogP contribution in [-0.2, 0) is 10.2 Å². The molecular weight excluding hydrogens is 288 g/mol. The number of hydrogen-bond donors (Lipinski definition) is 2. The summed E-state index contributed by atoms with van der Waals surface area (Å²) in [5, 5.41) is 9.13. The lowest BCUT2D eigenvalue weighted by atomic mass is 10.00. The van der Waals surface area contributed by atoms with E-state index in [0.29, 0.717) is 19.5 Å². The Morgan fingerprint density at radius 3 is 2.43 bits per heavy atom. The fraction of sp³-hybridized carbons (Fsp3) is 0.600. The van der Waals surface area contributed by atoms with Crippen molar-refractivity contribution < 1.29 is 13.5 Å². The van der Waals surface area contributed by atoms with E-state index in [2.05, 4.69) is 4.72 Å². The molecule has 0 aliphatic carbocycles. The molecule has 1 aliphatic heterocycles. The van der Waals surface area contributed by atoms with E-state index in [1.165, 1.54) is 4.31 Å². The fourth-order valence-electron chi connectivity index (χ4n) is 2.66. The minimum atomic E-state index is -3.47. The van der Waals surface area contributed by atoms with Crippen molar-refractivity contribution in [1.29, 1.82) is 0 Å². The minimum absolute atomic E-state index is 0.142. The van der Waals surface area contributed by atoms with Crippen molar-refractivity contribution in [3.8, 4) is 0 Å². The van der Waals surface area contributed by atoms with Crippen LogP contribution in [0.4, 0.5) is 0 Å². The van der Waals surface area contributed by atoms with Gasteiger partial charge in [0.1, 0.15) is 0 Å². The van der Waals surface area contributed by atoms with Gasteiger partial charge in [0, 0.05) is 25.7 Å². The topological polar surface area (TPSA) is 69.6 Å². The Kier molecular flexibility index (Phi) is 5.75. The van der Waals surface area contributed by atoms with E-state index in [1.807, 2.05) is 37.3 Å². The second-order valence-electron chi connectivity index (χ2n) is 5.52. The van der Waals surface area contributed by atoms with Gasteiger partial charge in [0.2, 0.25) is 0 Å². The van der Waals surface area contributed by atoms with Gasteiger partial charge in [0.05, 0.1) is 0 Å². The Bertz CT molecular complexity index is 525. The molecule has 118 valence electrons. The molecule has 0 radical (unpaired) electrons. The predicted molar refractivity (Wildman–Crippen MR) is 82.9 cm³/mol. The predicted octanol–water partition coefficient (Wildman–Crippen LogP) is 1.68. The van der Waals surface area contributed by atoms with E-state index in [1.54, 1.807) is 0 Å². The molecular formula is C15H24N2O3S. The van der Waals surface area contributed by atoms with Crippen LogP contribution in [0.2, 0.25) is 0 Å². The molecule has 1 aliphatic rings. The van der Waals surface area contributed by atoms with Gasteiger partial charge >= 0.3 is 0 Å². The zero-order chi connectivity index (χ0) is 15.3. The molecule has 0 aromatic heterocycles. The molecule has 0 amide bonds. The normalized spacial score (nSPS) is 19.5. The van der Waals surface area contributed by atoms with Crippen molar-refractivity contribution in [2.45, 2.75) is 32.2 Å². The largest absolute Gasteiger partial charge is 0.396 e.